The molecule has 1 saturated heterocycles. The molecule has 0 aromatic heterocycles. The molecule has 3 aromatic carbocycles. The van der Waals surface area contributed by atoms with E-state index in [1.807, 2.05) is 43.3 Å². The van der Waals surface area contributed by atoms with Crippen LogP contribution in [0.15, 0.2) is 70.0 Å². The van der Waals surface area contributed by atoms with Crippen LogP contribution < -0.4 is 14.2 Å². The second-order valence-corrected chi connectivity index (χ2v) is 11.1. The molecule has 1 fully saturated rings. The summed E-state index contributed by atoms with van der Waals surface area (Å²) in [7, 11) is 1.57. The Morgan fingerprint density at radius 1 is 0.947 bits per heavy atom. The van der Waals surface area contributed by atoms with Gasteiger partial charge in [-0.25, -0.2) is 0 Å². The quantitative estimate of drug-likeness (QED) is 0.225. The van der Waals surface area contributed by atoms with Gasteiger partial charge in [-0.1, -0.05) is 60.1 Å². The summed E-state index contributed by atoms with van der Waals surface area (Å²) in [6, 6.07) is 19.4. The zero-order valence-corrected chi connectivity index (χ0v) is 24.2. The number of halogens is 1. The summed E-state index contributed by atoms with van der Waals surface area (Å²) in [4.78, 5) is 27.2. The molecule has 2 amide bonds. The van der Waals surface area contributed by atoms with E-state index in [4.69, 9.17) is 14.2 Å². The number of benzene rings is 3. The molecule has 0 atom stereocenters. The fourth-order valence-corrected chi connectivity index (χ4v) is 5.10. The molecular formula is C30H30BrNO5S. The van der Waals surface area contributed by atoms with Crippen molar-refractivity contribution >= 4 is 44.9 Å². The summed E-state index contributed by atoms with van der Waals surface area (Å²) in [5.41, 5.74) is 3.96. The normalized spacial score (nSPS) is 14.5. The number of amides is 2. The average molecular weight is 597 g/mol. The van der Waals surface area contributed by atoms with E-state index in [-0.39, 0.29) is 24.3 Å². The monoisotopic (exact) mass is 595 g/mol. The maximum Gasteiger partial charge on any atom is 0.293 e. The largest absolute Gasteiger partial charge is 0.493 e. The molecule has 0 spiro atoms. The summed E-state index contributed by atoms with van der Waals surface area (Å²) >= 11 is 4.36. The minimum atomic E-state index is -0.327. The number of imide groups is 1. The van der Waals surface area contributed by atoms with Crippen LogP contribution >= 0.6 is 27.7 Å². The topological polar surface area (TPSA) is 65.1 Å². The second kappa shape index (κ2) is 12.5. The maximum absolute atomic E-state index is 13.0. The first kappa shape index (κ1) is 27.8. The standard InChI is InChI=1S/C30H30BrNO5S/c1-19(2)24-11-5-20(3)15-26(24)36-14-13-32-29(33)28(38-30(32)34)17-22-8-12-25(27(16-22)35-4)37-18-21-6-9-23(31)10-7-21/h5-12,15-17,19H,13-14,18H2,1-4H3/b28-17-. The first-order valence-corrected chi connectivity index (χ1v) is 13.9. The third-order valence-corrected chi connectivity index (χ3v) is 7.47. The molecule has 0 unspecified atom stereocenters. The Bertz CT molecular complexity index is 1350. The molecule has 0 aliphatic carbocycles. The molecule has 38 heavy (non-hydrogen) atoms. The van der Waals surface area contributed by atoms with Crippen LogP contribution in [0.1, 0.15) is 42.0 Å². The fourth-order valence-electron chi connectivity index (χ4n) is 3.97. The number of nitrogens with zero attached hydrogens (tertiary/aromatic N) is 1. The van der Waals surface area contributed by atoms with Gasteiger partial charge in [0.05, 0.1) is 18.6 Å². The Morgan fingerprint density at radius 2 is 1.71 bits per heavy atom. The van der Waals surface area contributed by atoms with Gasteiger partial charge in [-0.15, -0.1) is 0 Å². The van der Waals surface area contributed by atoms with E-state index in [0.29, 0.717) is 28.9 Å². The number of hydrogen-bond acceptors (Lipinski definition) is 6. The van der Waals surface area contributed by atoms with Crippen molar-refractivity contribution in [1.29, 1.82) is 0 Å². The zero-order valence-electron chi connectivity index (χ0n) is 21.8. The van der Waals surface area contributed by atoms with Crippen molar-refractivity contribution in [1.82, 2.24) is 4.90 Å². The molecule has 0 radical (unpaired) electrons. The summed E-state index contributed by atoms with van der Waals surface area (Å²) in [5, 5.41) is -0.306. The number of carbonyl (C=O) groups is 2. The van der Waals surface area contributed by atoms with Crippen LogP contribution in [0.25, 0.3) is 6.08 Å². The number of rotatable bonds is 10. The van der Waals surface area contributed by atoms with Gasteiger partial charge >= 0.3 is 0 Å². The molecule has 0 N–H and O–H groups in total. The number of carbonyl (C=O) groups excluding carboxylic acids is 2. The smallest absolute Gasteiger partial charge is 0.293 e. The lowest BCUT2D eigenvalue weighted by Gasteiger charge is -2.17. The molecular weight excluding hydrogens is 566 g/mol. The van der Waals surface area contributed by atoms with Gasteiger partial charge in [-0.2, -0.15) is 0 Å². The van der Waals surface area contributed by atoms with Crippen molar-refractivity contribution in [3.63, 3.8) is 0 Å². The maximum atomic E-state index is 13.0. The molecule has 198 valence electrons. The van der Waals surface area contributed by atoms with Gasteiger partial charge in [0.15, 0.2) is 11.5 Å². The summed E-state index contributed by atoms with van der Waals surface area (Å²) in [5.74, 6) is 1.90. The lowest BCUT2D eigenvalue weighted by Crippen LogP contribution is -2.32. The van der Waals surface area contributed by atoms with Crippen molar-refractivity contribution in [2.45, 2.75) is 33.3 Å². The van der Waals surface area contributed by atoms with Gasteiger partial charge in [-0.05, 0) is 83.3 Å². The molecule has 1 aliphatic rings. The van der Waals surface area contributed by atoms with Gasteiger partial charge in [0.1, 0.15) is 19.0 Å². The van der Waals surface area contributed by atoms with Crippen molar-refractivity contribution in [2.75, 3.05) is 20.3 Å². The highest BCUT2D eigenvalue weighted by Gasteiger charge is 2.35. The Balaban J connectivity index is 1.40. The molecule has 1 heterocycles. The van der Waals surface area contributed by atoms with Crippen molar-refractivity contribution in [2.24, 2.45) is 0 Å². The van der Waals surface area contributed by atoms with Gasteiger partial charge in [0.25, 0.3) is 11.1 Å². The third kappa shape index (κ3) is 6.79. The molecule has 4 rings (SSSR count). The minimum absolute atomic E-state index is 0.180. The van der Waals surface area contributed by atoms with Crippen LogP contribution in [0.3, 0.4) is 0 Å². The number of ether oxygens (including phenoxy) is 3. The summed E-state index contributed by atoms with van der Waals surface area (Å²) in [6.45, 7) is 7.02. The van der Waals surface area contributed by atoms with Crippen LogP contribution in [0.5, 0.6) is 17.2 Å². The van der Waals surface area contributed by atoms with Crippen LogP contribution in [0.2, 0.25) is 0 Å². The van der Waals surface area contributed by atoms with E-state index < -0.39 is 0 Å². The van der Waals surface area contributed by atoms with Crippen molar-refractivity contribution in [3.05, 3.63) is 92.3 Å². The Labute approximate surface area is 236 Å². The predicted octanol–water partition coefficient (Wildman–Crippen LogP) is 7.58. The highest BCUT2D eigenvalue weighted by Crippen LogP contribution is 2.35. The van der Waals surface area contributed by atoms with Crippen LogP contribution in [-0.4, -0.2) is 36.3 Å². The summed E-state index contributed by atoms with van der Waals surface area (Å²) < 4.78 is 18.4. The SMILES string of the molecule is COc1cc(/C=C2\SC(=O)N(CCOc3cc(C)ccc3C(C)C)C2=O)ccc1OCc1ccc(Br)cc1. The molecule has 0 saturated carbocycles. The molecule has 0 bridgehead atoms. The lowest BCUT2D eigenvalue weighted by molar-refractivity contribution is -0.123. The van der Waals surface area contributed by atoms with E-state index in [1.54, 1.807) is 25.3 Å². The molecule has 6 nitrogen and oxygen atoms in total. The highest BCUT2D eigenvalue weighted by molar-refractivity contribution is 9.10. The number of hydrogen-bond donors (Lipinski definition) is 0. The first-order valence-electron chi connectivity index (χ1n) is 12.3. The highest BCUT2D eigenvalue weighted by atomic mass is 79.9. The minimum Gasteiger partial charge on any atom is -0.493 e. The van der Waals surface area contributed by atoms with Crippen LogP contribution in [-0.2, 0) is 11.4 Å². The molecule has 1 aliphatic heterocycles. The first-order chi connectivity index (χ1) is 18.2. The number of aryl methyl sites for hydroxylation is 1. The molecule has 8 heteroatoms. The average Bonchev–Trinajstić information content (AvgIpc) is 3.16. The molecule has 3 aromatic rings. The van der Waals surface area contributed by atoms with Crippen molar-refractivity contribution < 1.29 is 23.8 Å². The Morgan fingerprint density at radius 3 is 2.42 bits per heavy atom. The predicted molar refractivity (Wildman–Crippen MR) is 155 cm³/mol. The van der Waals surface area contributed by atoms with Crippen molar-refractivity contribution in [3.8, 4) is 17.2 Å². The van der Waals surface area contributed by atoms with E-state index in [1.165, 1.54) is 4.90 Å². The summed E-state index contributed by atoms with van der Waals surface area (Å²) in [6.07, 6.45) is 1.70. The van der Waals surface area contributed by atoms with Gasteiger partial charge in [0, 0.05) is 4.47 Å². The lowest BCUT2D eigenvalue weighted by atomic mass is 10.0. The Hall–Kier alpha value is -3.23. The van der Waals surface area contributed by atoms with Crippen LogP contribution in [0.4, 0.5) is 4.79 Å². The van der Waals surface area contributed by atoms with Gasteiger partial charge < -0.3 is 14.2 Å². The second-order valence-electron chi connectivity index (χ2n) is 9.20. The van der Waals surface area contributed by atoms with E-state index in [9.17, 15) is 9.59 Å². The zero-order chi connectivity index (χ0) is 27.2. The van der Waals surface area contributed by atoms with E-state index in [0.717, 1.165) is 44.2 Å². The van der Waals surface area contributed by atoms with Gasteiger partial charge in [-0.3, -0.25) is 14.5 Å². The third-order valence-electron chi connectivity index (χ3n) is 6.03. The fraction of sp³-hybridized carbons (Fsp3) is 0.267. The van der Waals surface area contributed by atoms with E-state index >= 15 is 0 Å². The van der Waals surface area contributed by atoms with E-state index in [2.05, 4.69) is 41.9 Å². The van der Waals surface area contributed by atoms with Crippen LogP contribution in [0, 0.1) is 6.92 Å². The van der Waals surface area contributed by atoms with Gasteiger partial charge in [0.2, 0.25) is 0 Å². The number of thioether (sulfide) groups is 1. The number of methoxy groups -OCH3 is 1. The Kier molecular flexibility index (Phi) is 9.17.